The Morgan fingerprint density at radius 3 is 2.55 bits per heavy atom. The Kier molecular flexibility index (Phi) is 5.23. The monoisotopic (exact) mass is 418 g/mol. The van der Waals surface area contributed by atoms with Crippen LogP contribution in [0.1, 0.15) is 39.0 Å². The lowest BCUT2D eigenvalue weighted by Crippen LogP contribution is -2.18. The van der Waals surface area contributed by atoms with Crippen molar-refractivity contribution < 1.29 is 18.7 Å². The quantitative estimate of drug-likeness (QED) is 0.385. The third-order valence-electron chi connectivity index (χ3n) is 5.56. The number of furan rings is 1. The highest BCUT2D eigenvalue weighted by Gasteiger charge is 2.24. The Bertz CT molecular complexity index is 1360. The molecular formula is C26H26O5. The number of methoxy groups -OCH3 is 1. The summed E-state index contributed by atoms with van der Waals surface area (Å²) in [5.74, 6) is 1.34. The van der Waals surface area contributed by atoms with E-state index in [1.165, 1.54) is 11.6 Å². The van der Waals surface area contributed by atoms with E-state index in [9.17, 15) is 9.90 Å². The predicted octanol–water partition coefficient (Wildman–Crippen LogP) is 6.30. The summed E-state index contributed by atoms with van der Waals surface area (Å²) in [5, 5.41) is 11.5. The SMILES string of the molecule is COC(C)(C)c1cc2cc3c(=O)cc(-c4ccc(O)c(CC=C(C)C)c4)oc3cc2o1. The van der Waals surface area contributed by atoms with Gasteiger partial charge in [-0.25, -0.2) is 0 Å². The minimum absolute atomic E-state index is 0.133. The highest BCUT2D eigenvalue weighted by molar-refractivity contribution is 5.93. The highest BCUT2D eigenvalue weighted by atomic mass is 16.5. The van der Waals surface area contributed by atoms with Crippen LogP contribution in [0.25, 0.3) is 33.3 Å². The maximum Gasteiger partial charge on any atom is 0.193 e. The first-order valence-corrected chi connectivity index (χ1v) is 10.2. The zero-order valence-corrected chi connectivity index (χ0v) is 18.4. The molecule has 0 atom stereocenters. The molecule has 0 aliphatic rings. The van der Waals surface area contributed by atoms with Crippen LogP contribution < -0.4 is 5.43 Å². The summed E-state index contributed by atoms with van der Waals surface area (Å²) < 4.78 is 17.6. The largest absolute Gasteiger partial charge is 0.508 e. The van der Waals surface area contributed by atoms with Crippen LogP contribution in [0.4, 0.5) is 0 Å². The van der Waals surface area contributed by atoms with Crippen LogP contribution >= 0.6 is 0 Å². The van der Waals surface area contributed by atoms with Crippen LogP contribution in [0.15, 0.2) is 67.7 Å². The number of phenolic OH excluding ortho intramolecular Hbond substituents is 1. The molecule has 0 spiro atoms. The van der Waals surface area contributed by atoms with Crippen LogP contribution in [0.2, 0.25) is 0 Å². The van der Waals surface area contributed by atoms with Crippen LogP contribution in [0.3, 0.4) is 0 Å². The number of hydrogen-bond acceptors (Lipinski definition) is 5. The topological polar surface area (TPSA) is 72.8 Å². The zero-order chi connectivity index (χ0) is 22.3. The van der Waals surface area contributed by atoms with Crippen molar-refractivity contribution in [2.75, 3.05) is 7.11 Å². The average Bonchev–Trinajstić information content (AvgIpc) is 3.15. The molecule has 0 unspecified atom stereocenters. The van der Waals surface area contributed by atoms with Crippen LogP contribution in [-0.2, 0) is 16.8 Å². The van der Waals surface area contributed by atoms with Gasteiger partial charge in [0.25, 0.3) is 0 Å². The van der Waals surface area contributed by atoms with E-state index in [0.717, 1.165) is 16.5 Å². The number of allylic oxidation sites excluding steroid dienone is 2. The van der Waals surface area contributed by atoms with E-state index >= 15 is 0 Å². The van der Waals surface area contributed by atoms with E-state index in [-0.39, 0.29) is 11.2 Å². The zero-order valence-electron chi connectivity index (χ0n) is 18.4. The molecule has 0 saturated carbocycles. The van der Waals surface area contributed by atoms with Gasteiger partial charge in [0, 0.05) is 30.2 Å². The molecule has 2 aromatic carbocycles. The molecule has 5 nitrogen and oxygen atoms in total. The molecule has 0 aliphatic carbocycles. The third-order valence-corrected chi connectivity index (χ3v) is 5.56. The molecule has 1 N–H and O–H groups in total. The summed E-state index contributed by atoms with van der Waals surface area (Å²) in [5.41, 5.74) is 3.03. The van der Waals surface area contributed by atoms with Gasteiger partial charge in [0.05, 0.1) is 5.39 Å². The second kappa shape index (κ2) is 7.75. The Morgan fingerprint density at radius 2 is 1.84 bits per heavy atom. The molecule has 0 amide bonds. The van der Waals surface area contributed by atoms with Gasteiger partial charge in [-0.3, -0.25) is 4.79 Å². The summed E-state index contributed by atoms with van der Waals surface area (Å²) in [6.45, 7) is 7.86. The fraction of sp³-hybridized carbons (Fsp3) is 0.269. The van der Waals surface area contributed by atoms with E-state index in [2.05, 4.69) is 0 Å². The van der Waals surface area contributed by atoms with E-state index < -0.39 is 5.60 Å². The average molecular weight is 418 g/mol. The fourth-order valence-electron chi connectivity index (χ4n) is 3.45. The van der Waals surface area contributed by atoms with Gasteiger partial charge in [-0.1, -0.05) is 11.6 Å². The number of fused-ring (bicyclic) bond motifs is 2. The van der Waals surface area contributed by atoms with Crippen molar-refractivity contribution >= 4 is 21.9 Å². The second-order valence-electron chi connectivity index (χ2n) is 8.52. The number of aromatic hydroxyl groups is 1. The first-order valence-electron chi connectivity index (χ1n) is 10.2. The van der Waals surface area contributed by atoms with Crippen molar-refractivity contribution in [1.29, 1.82) is 0 Å². The van der Waals surface area contributed by atoms with Gasteiger partial charge in [0.2, 0.25) is 0 Å². The Morgan fingerprint density at radius 1 is 1.06 bits per heavy atom. The molecule has 31 heavy (non-hydrogen) atoms. The van der Waals surface area contributed by atoms with Crippen LogP contribution in [-0.4, -0.2) is 12.2 Å². The summed E-state index contributed by atoms with van der Waals surface area (Å²) in [7, 11) is 1.63. The van der Waals surface area contributed by atoms with Gasteiger partial charge in [0.15, 0.2) is 5.43 Å². The number of benzene rings is 2. The molecule has 2 aromatic heterocycles. The molecule has 0 aliphatic heterocycles. The molecule has 0 radical (unpaired) electrons. The van der Waals surface area contributed by atoms with Crippen LogP contribution in [0.5, 0.6) is 5.75 Å². The first kappa shape index (κ1) is 20.9. The van der Waals surface area contributed by atoms with Crippen molar-refractivity contribution in [2.45, 2.75) is 39.7 Å². The highest BCUT2D eigenvalue weighted by Crippen LogP contribution is 2.33. The minimum atomic E-state index is -0.582. The number of rotatable bonds is 5. The molecule has 0 saturated heterocycles. The van der Waals surface area contributed by atoms with Crippen molar-refractivity contribution in [3.05, 3.63) is 75.7 Å². The van der Waals surface area contributed by atoms with E-state index in [4.69, 9.17) is 13.6 Å². The van der Waals surface area contributed by atoms with Crippen LogP contribution in [0, 0.1) is 0 Å². The third kappa shape index (κ3) is 4.01. The molecular weight excluding hydrogens is 392 g/mol. The summed E-state index contributed by atoms with van der Waals surface area (Å²) in [6, 6.07) is 12.1. The Balaban J connectivity index is 1.83. The number of ether oxygens (including phenoxy) is 1. The van der Waals surface area contributed by atoms with Gasteiger partial charge in [0.1, 0.15) is 34.0 Å². The maximum atomic E-state index is 12.9. The molecule has 2 heterocycles. The molecule has 0 bridgehead atoms. The normalized spacial score (nSPS) is 11.9. The lowest BCUT2D eigenvalue weighted by atomic mass is 10.0. The molecule has 0 fully saturated rings. The van der Waals surface area contributed by atoms with E-state index in [0.29, 0.717) is 34.5 Å². The fourth-order valence-corrected chi connectivity index (χ4v) is 3.45. The summed E-state index contributed by atoms with van der Waals surface area (Å²) >= 11 is 0. The van der Waals surface area contributed by atoms with Gasteiger partial charge in [-0.05, 0) is 70.0 Å². The van der Waals surface area contributed by atoms with Gasteiger partial charge in [-0.15, -0.1) is 0 Å². The minimum Gasteiger partial charge on any atom is -0.508 e. The smallest absolute Gasteiger partial charge is 0.193 e. The van der Waals surface area contributed by atoms with Gasteiger partial charge >= 0.3 is 0 Å². The van der Waals surface area contributed by atoms with Crippen molar-refractivity contribution in [2.24, 2.45) is 0 Å². The van der Waals surface area contributed by atoms with E-state index in [1.807, 2.05) is 45.9 Å². The maximum absolute atomic E-state index is 12.9. The lowest BCUT2D eigenvalue weighted by molar-refractivity contribution is 0.00212. The van der Waals surface area contributed by atoms with Crippen molar-refractivity contribution in [3.8, 4) is 17.1 Å². The molecule has 5 heteroatoms. The molecule has 4 aromatic rings. The second-order valence-corrected chi connectivity index (χ2v) is 8.52. The van der Waals surface area contributed by atoms with Gasteiger partial charge < -0.3 is 18.7 Å². The Labute approximate surface area is 180 Å². The molecule has 4 rings (SSSR count). The Hall–Kier alpha value is -3.31. The standard InChI is InChI=1S/C26H26O5/c1-15(2)6-7-16-10-17(8-9-20(16)27)22-13-21(28)19-11-18-12-25(26(3,4)29-5)31-23(18)14-24(19)30-22/h6,8-14,27H,7H2,1-5H3. The van der Waals surface area contributed by atoms with E-state index in [1.54, 1.807) is 31.4 Å². The van der Waals surface area contributed by atoms with Crippen molar-refractivity contribution in [3.63, 3.8) is 0 Å². The molecule has 160 valence electrons. The van der Waals surface area contributed by atoms with Gasteiger partial charge in [-0.2, -0.15) is 0 Å². The number of phenols is 1. The number of hydrogen-bond donors (Lipinski definition) is 1. The predicted molar refractivity (Wildman–Crippen MR) is 123 cm³/mol. The summed E-state index contributed by atoms with van der Waals surface area (Å²) in [6.07, 6.45) is 2.65. The van der Waals surface area contributed by atoms with Crippen molar-refractivity contribution in [1.82, 2.24) is 0 Å². The lowest BCUT2D eigenvalue weighted by Gasteiger charge is -2.19. The summed E-state index contributed by atoms with van der Waals surface area (Å²) in [4.78, 5) is 12.9. The first-order chi connectivity index (χ1) is 14.7.